The molecular weight excluding hydrogens is 306 g/mol. The van der Waals surface area contributed by atoms with Gasteiger partial charge in [-0.3, -0.25) is 0 Å². The average Bonchev–Trinajstić information content (AvgIpc) is 2.40. The summed E-state index contributed by atoms with van der Waals surface area (Å²) in [6.45, 7) is 2.49. The highest BCUT2D eigenvalue weighted by molar-refractivity contribution is 9.10. The number of aromatic carboxylic acids is 1. The molecule has 3 nitrogen and oxygen atoms in total. The zero-order valence-corrected chi connectivity index (χ0v) is 12.1. The number of carboxylic acids is 1. The van der Waals surface area contributed by atoms with Crippen molar-refractivity contribution < 1.29 is 9.90 Å². The van der Waals surface area contributed by atoms with E-state index in [2.05, 4.69) is 21.2 Å². The van der Waals surface area contributed by atoms with Gasteiger partial charge in [0.15, 0.2) is 0 Å². The van der Waals surface area contributed by atoms with Crippen molar-refractivity contribution in [3.63, 3.8) is 0 Å². The highest BCUT2D eigenvalue weighted by Gasteiger charge is 2.09. The van der Waals surface area contributed by atoms with Crippen molar-refractivity contribution in [2.75, 3.05) is 5.32 Å². The molecule has 0 saturated carbocycles. The van der Waals surface area contributed by atoms with E-state index in [1.54, 1.807) is 12.1 Å². The van der Waals surface area contributed by atoms with Gasteiger partial charge in [0.1, 0.15) is 0 Å². The summed E-state index contributed by atoms with van der Waals surface area (Å²) < 4.78 is 0.964. The first-order valence-corrected chi connectivity index (χ1v) is 6.68. The summed E-state index contributed by atoms with van der Waals surface area (Å²) in [5.74, 6) is -0.902. The lowest BCUT2D eigenvalue weighted by molar-refractivity contribution is 0.0696. The topological polar surface area (TPSA) is 49.3 Å². The Morgan fingerprint density at radius 3 is 2.74 bits per heavy atom. The van der Waals surface area contributed by atoms with E-state index in [1.165, 1.54) is 0 Å². The van der Waals surface area contributed by atoms with Crippen LogP contribution in [-0.2, 0) is 6.54 Å². The Labute approximate surface area is 120 Å². The summed E-state index contributed by atoms with van der Waals surface area (Å²) in [7, 11) is 0. The van der Waals surface area contributed by atoms with Crippen LogP contribution in [0.25, 0.3) is 0 Å². The molecule has 2 rings (SSSR count). The third-order valence-electron chi connectivity index (χ3n) is 2.84. The van der Waals surface area contributed by atoms with E-state index in [-0.39, 0.29) is 0 Å². The number of halogens is 1. The number of hydrogen-bond acceptors (Lipinski definition) is 2. The van der Waals surface area contributed by atoms with Crippen LogP contribution >= 0.6 is 15.9 Å². The first kappa shape index (κ1) is 13.6. The van der Waals surface area contributed by atoms with Gasteiger partial charge in [0, 0.05) is 16.7 Å². The SMILES string of the molecule is Cc1ccc(Br)c(NCc2ccccc2C(=O)O)c1. The van der Waals surface area contributed by atoms with Gasteiger partial charge in [0.25, 0.3) is 0 Å². The summed E-state index contributed by atoms with van der Waals surface area (Å²) in [6.07, 6.45) is 0. The molecule has 0 atom stereocenters. The molecule has 2 aromatic rings. The molecule has 2 N–H and O–H groups in total. The van der Waals surface area contributed by atoms with Gasteiger partial charge >= 0.3 is 5.97 Å². The minimum Gasteiger partial charge on any atom is -0.478 e. The predicted octanol–water partition coefficient (Wildman–Crippen LogP) is 4.07. The van der Waals surface area contributed by atoms with Crippen LogP contribution in [0.4, 0.5) is 5.69 Å². The summed E-state index contributed by atoms with van der Waals surface area (Å²) in [4.78, 5) is 11.1. The molecule has 0 aliphatic rings. The third kappa shape index (κ3) is 3.35. The Hall–Kier alpha value is -1.81. The van der Waals surface area contributed by atoms with E-state index in [0.29, 0.717) is 12.1 Å². The Morgan fingerprint density at radius 1 is 1.26 bits per heavy atom. The molecule has 0 aromatic heterocycles. The fraction of sp³-hybridized carbons (Fsp3) is 0.133. The van der Waals surface area contributed by atoms with Gasteiger partial charge in [-0.2, -0.15) is 0 Å². The summed E-state index contributed by atoms with van der Waals surface area (Å²) in [6, 6.07) is 13.0. The van der Waals surface area contributed by atoms with Crippen LogP contribution in [0.15, 0.2) is 46.9 Å². The summed E-state index contributed by atoms with van der Waals surface area (Å²) in [5.41, 5.74) is 3.21. The molecule has 19 heavy (non-hydrogen) atoms. The van der Waals surface area contributed by atoms with Crippen molar-refractivity contribution in [2.45, 2.75) is 13.5 Å². The van der Waals surface area contributed by atoms with Gasteiger partial charge in [-0.05, 0) is 52.2 Å². The zero-order chi connectivity index (χ0) is 13.8. The number of carbonyl (C=O) groups is 1. The number of rotatable bonds is 4. The molecule has 0 saturated heterocycles. The van der Waals surface area contributed by atoms with Gasteiger partial charge in [-0.15, -0.1) is 0 Å². The van der Waals surface area contributed by atoms with E-state index in [4.69, 9.17) is 5.11 Å². The summed E-state index contributed by atoms with van der Waals surface area (Å²) in [5, 5.41) is 12.4. The van der Waals surface area contributed by atoms with Gasteiger partial charge in [-0.1, -0.05) is 24.3 Å². The Kier molecular flexibility index (Phi) is 4.22. The van der Waals surface area contributed by atoms with Crippen molar-refractivity contribution in [2.24, 2.45) is 0 Å². The van der Waals surface area contributed by atoms with Crippen LogP contribution in [0, 0.1) is 6.92 Å². The van der Waals surface area contributed by atoms with E-state index in [9.17, 15) is 4.79 Å². The zero-order valence-electron chi connectivity index (χ0n) is 10.5. The van der Waals surface area contributed by atoms with Crippen LogP contribution < -0.4 is 5.32 Å². The average molecular weight is 320 g/mol. The molecule has 0 fully saturated rings. The molecule has 0 heterocycles. The minimum atomic E-state index is -0.902. The molecule has 0 bridgehead atoms. The van der Waals surface area contributed by atoms with Crippen molar-refractivity contribution in [3.8, 4) is 0 Å². The minimum absolute atomic E-state index is 0.332. The van der Waals surface area contributed by atoms with Gasteiger partial charge in [0.05, 0.1) is 5.56 Å². The third-order valence-corrected chi connectivity index (χ3v) is 3.53. The first-order chi connectivity index (χ1) is 9.08. The summed E-state index contributed by atoms with van der Waals surface area (Å²) >= 11 is 3.47. The van der Waals surface area contributed by atoms with E-state index >= 15 is 0 Å². The van der Waals surface area contributed by atoms with Crippen molar-refractivity contribution in [3.05, 3.63) is 63.6 Å². The molecular formula is C15H14BrNO2. The first-order valence-electron chi connectivity index (χ1n) is 5.89. The second-order valence-electron chi connectivity index (χ2n) is 4.30. The van der Waals surface area contributed by atoms with E-state index in [1.807, 2.05) is 37.3 Å². The number of benzene rings is 2. The van der Waals surface area contributed by atoms with Crippen LogP contribution in [0.5, 0.6) is 0 Å². The Balaban J connectivity index is 2.19. The van der Waals surface area contributed by atoms with Crippen molar-refractivity contribution in [1.82, 2.24) is 0 Å². The highest BCUT2D eigenvalue weighted by Crippen LogP contribution is 2.24. The number of anilines is 1. The normalized spacial score (nSPS) is 10.2. The molecule has 0 unspecified atom stereocenters. The van der Waals surface area contributed by atoms with Crippen molar-refractivity contribution in [1.29, 1.82) is 0 Å². The maximum Gasteiger partial charge on any atom is 0.336 e. The molecule has 4 heteroatoms. The number of hydrogen-bond donors (Lipinski definition) is 2. The van der Waals surface area contributed by atoms with Gasteiger partial charge < -0.3 is 10.4 Å². The fourth-order valence-corrected chi connectivity index (χ4v) is 2.23. The lowest BCUT2D eigenvalue weighted by atomic mass is 10.1. The number of nitrogens with one attached hydrogen (secondary N) is 1. The van der Waals surface area contributed by atoms with Gasteiger partial charge in [-0.25, -0.2) is 4.79 Å². The van der Waals surface area contributed by atoms with Gasteiger partial charge in [0.2, 0.25) is 0 Å². The lowest BCUT2D eigenvalue weighted by Crippen LogP contribution is -2.07. The number of aryl methyl sites for hydroxylation is 1. The quantitative estimate of drug-likeness (QED) is 0.893. The maximum atomic E-state index is 11.1. The largest absolute Gasteiger partial charge is 0.478 e. The number of carboxylic acid groups (broad SMARTS) is 1. The van der Waals surface area contributed by atoms with Crippen LogP contribution in [0.2, 0.25) is 0 Å². The monoisotopic (exact) mass is 319 g/mol. The maximum absolute atomic E-state index is 11.1. The van der Waals surface area contributed by atoms with E-state index < -0.39 is 5.97 Å². The molecule has 0 amide bonds. The molecule has 2 aromatic carbocycles. The lowest BCUT2D eigenvalue weighted by Gasteiger charge is -2.11. The predicted molar refractivity (Wildman–Crippen MR) is 79.6 cm³/mol. The smallest absolute Gasteiger partial charge is 0.336 e. The van der Waals surface area contributed by atoms with Crippen LogP contribution in [-0.4, -0.2) is 11.1 Å². The Morgan fingerprint density at radius 2 is 2.00 bits per heavy atom. The molecule has 98 valence electrons. The van der Waals surface area contributed by atoms with Crippen LogP contribution in [0.3, 0.4) is 0 Å². The second kappa shape index (κ2) is 5.89. The van der Waals surface area contributed by atoms with E-state index in [0.717, 1.165) is 21.3 Å². The molecule has 0 aliphatic heterocycles. The second-order valence-corrected chi connectivity index (χ2v) is 5.15. The standard InChI is InChI=1S/C15H14BrNO2/c1-10-6-7-13(16)14(8-10)17-9-11-4-2-3-5-12(11)15(18)19/h2-8,17H,9H2,1H3,(H,18,19). The molecule has 0 spiro atoms. The van der Waals surface area contributed by atoms with Crippen LogP contribution in [0.1, 0.15) is 21.5 Å². The molecule has 0 radical (unpaired) electrons. The van der Waals surface area contributed by atoms with Crippen molar-refractivity contribution >= 4 is 27.6 Å². The fourth-order valence-electron chi connectivity index (χ4n) is 1.85. The highest BCUT2D eigenvalue weighted by atomic mass is 79.9. The Bertz CT molecular complexity index is 611. The molecule has 0 aliphatic carbocycles.